The number of fused-ring (bicyclic) bond motifs is 2. The molecule has 0 unspecified atom stereocenters. The Morgan fingerprint density at radius 3 is 2.52 bits per heavy atom. The van der Waals surface area contributed by atoms with E-state index in [4.69, 9.17) is 0 Å². The van der Waals surface area contributed by atoms with Crippen LogP contribution < -0.4 is 4.90 Å². The maximum absolute atomic E-state index is 9.84. The molecular formula is C17H12N2OS. The van der Waals surface area contributed by atoms with Crippen LogP contribution in [0.3, 0.4) is 0 Å². The van der Waals surface area contributed by atoms with Crippen molar-refractivity contribution >= 4 is 29.0 Å². The molecule has 1 N–H and O–H groups in total. The molecule has 102 valence electrons. The molecule has 0 saturated carbocycles. The Morgan fingerprint density at radius 2 is 1.67 bits per heavy atom. The van der Waals surface area contributed by atoms with Gasteiger partial charge in [0.05, 0.1) is 11.4 Å². The molecule has 0 fully saturated rings. The van der Waals surface area contributed by atoms with Crippen LogP contribution in [-0.2, 0) is 0 Å². The minimum Gasteiger partial charge on any atom is -0.508 e. The van der Waals surface area contributed by atoms with Crippen LogP contribution in [-0.4, -0.2) is 10.1 Å². The SMILES string of the molecule is Oc1ccc2c(c1)N(c1ccccn1)c1ccccc1S2. The van der Waals surface area contributed by atoms with Gasteiger partial charge in [0.2, 0.25) is 0 Å². The summed E-state index contributed by atoms with van der Waals surface area (Å²) in [4.78, 5) is 8.84. The normalized spacial score (nSPS) is 12.7. The van der Waals surface area contributed by atoms with Gasteiger partial charge >= 0.3 is 0 Å². The fourth-order valence-electron chi connectivity index (χ4n) is 2.48. The van der Waals surface area contributed by atoms with Crippen molar-refractivity contribution in [1.29, 1.82) is 0 Å². The Kier molecular flexibility index (Phi) is 2.82. The van der Waals surface area contributed by atoms with E-state index in [1.54, 1.807) is 30.1 Å². The van der Waals surface area contributed by atoms with E-state index >= 15 is 0 Å². The molecule has 0 amide bonds. The summed E-state index contributed by atoms with van der Waals surface area (Å²) in [6, 6.07) is 19.5. The van der Waals surface area contributed by atoms with Crippen molar-refractivity contribution in [1.82, 2.24) is 4.98 Å². The fraction of sp³-hybridized carbons (Fsp3) is 0. The topological polar surface area (TPSA) is 36.4 Å². The lowest BCUT2D eigenvalue weighted by Gasteiger charge is -2.31. The third kappa shape index (κ3) is 2.04. The van der Waals surface area contributed by atoms with E-state index in [1.807, 2.05) is 36.4 Å². The van der Waals surface area contributed by atoms with Gasteiger partial charge in [0.25, 0.3) is 0 Å². The van der Waals surface area contributed by atoms with Gasteiger partial charge in [-0.25, -0.2) is 4.98 Å². The largest absolute Gasteiger partial charge is 0.508 e. The number of phenolic OH excluding ortho intramolecular Hbond substituents is 1. The summed E-state index contributed by atoms with van der Waals surface area (Å²) in [5.41, 5.74) is 2.04. The van der Waals surface area contributed by atoms with Gasteiger partial charge in [-0.3, -0.25) is 4.90 Å². The molecule has 3 nitrogen and oxygen atoms in total. The monoisotopic (exact) mass is 292 g/mol. The van der Waals surface area contributed by atoms with Crippen LogP contribution in [0, 0.1) is 0 Å². The first-order valence-corrected chi connectivity index (χ1v) is 7.46. The quantitative estimate of drug-likeness (QED) is 0.550. The number of anilines is 3. The molecule has 0 saturated heterocycles. The molecule has 2 heterocycles. The summed E-state index contributed by atoms with van der Waals surface area (Å²) >= 11 is 1.71. The first kappa shape index (κ1) is 12.3. The van der Waals surface area contributed by atoms with Crippen LogP contribution in [0.15, 0.2) is 76.7 Å². The smallest absolute Gasteiger partial charge is 0.137 e. The average molecular weight is 292 g/mol. The highest BCUT2D eigenvalue weighted by molar-refractivity contribution is 7.99. The molecule has 1 aliphatic heterocycles. The number of para-hydroxylation sites is 1. The van der Waals surface area contributed by atoms with Gasteiger partial charge in [0.15, 0.2) is 0 Å². The molecule has 2 aromatic carbocycles. The minimum absolute atomic E-state index is 0.259. The summed E-state index contributed by atoms with van der Waals surface area (Å²) in [6.45, 7) is 0. The van der Waals surface area contributed by atoms with Crippen LogP contribution in [0.2, 0.25) is 0 Å². The number of aromatic nitrogens is 1. The van der Waals surface area contributed by atoms with E-state index in [2.05, 4.69) is 22.0 Å². The average Bonchev–Trinajstić information content (AvgIpc) is 2.53. The molecule has 4 rings (SSSR count). The highest BCUT2D eigenvalue weighted by Crippen LogP contribution is 2.51. The number of rotatable bonds is 1. The molecule has 0 aliphatic carbocycles. The first-order chi connectivity index (χ1) is 10.3. The summed E-state index contributed by atoms with van der Waals surface area (Å²) < 4.78 is 0. The molecular weight excluding hydrogens is 280 g/mol. The van der Waals surface area contributed by atoms with E-state index in [0.29, 0.717) is 0 Å². The Morgan fingerprint density at radius 1 is 0.857 bits per heavy atom. The van der Waals surface area contributed by atoms with Gasteiger partial charge in [-0.2, -0.15) is 0 Å². The predicted octanol–water partition coefficient (Wildman–Crippen LogP) is 4.72. The van der Waals surface area contributed by atoms with Gasteiger partial charge in [-0.05, 0) is 36.4 Å². The highest BCUT2D eigenvalue weighted by atomic mass is 32.2. The van der Waals surface area contributed by atoms with Crippen molar-refractivity contribution in [3.05, 3.63) is 66.9 Å². The number of phenols is 1. The molecule has 1 aromatic heterocycles. The zero-order valence-electron chi connectivity index (χ0n) is 11.1. The number of nitrogens with zero attached hydrogens (tertiary/aromatic N) is 2. The molecule has 0 spiro atoms. The van der Waals surface area contributed by atoms with E-state index in [0.717, 1.165) is 22.1 Å². The summed E-state index contributed by atoms with van der Waals surface area (Å²) in [5, 5.41) is 9.84. The molecule has 1 aliphatic rings. The second-order valence-corrected chi connectivity index (χ2v) is 5.83. The Bertz CT molecular complexity index is 805. The molecule has 3 aromatic rings. The van der Waals surface area contributed by atoms with Crippen molar-refractivity contribution in [2.45, 2.75) is 9.79 Å². The summed E-state index contributed by atoms with van der Waals surface area (Å²) in [5.74, 6) is 1.10. The van der Waals surface area contributed by atoms with Crippen LogP contribution >= 0.6 is 11.8 Å². The van der Waals surface area contributed by atoms with Gasteiger partial charge in [-0.1, -0.05) is 30.0 Å². The van der Waals surface area contributed by atoms with Crippen LogP contribution in [0.1, 0.15) is 0 Å². The lowest BCUT2D eigenvalue weighted by Crippen LogP contribution is -2.15. The van der Waals surface area contributed by atoms with Crippen molar-refractivity contribution in [2.75, 3.05) is 4.90 Å². The standard InChI is InChI=1S/C17H12N2OS/c20-12-8-9-16-14(11-12)19(17-7-3-4-10-18-17)13-5-1-2-6-15(13)21-16/h1-11,20H. The maximum atomic E-state index is 9.84. The van der Waals surface area contributed by atoms with Crippen molar-refractivity contribution in [3.63, 3.8) is 0 Å². The molecule has 0 bridgehead atoms. The second-order valence-electron chi connectivity index (χ2n) is 4.75. The van der Waals surface area contributed by atoms with E-state index in [-0.39, 0.29) is 5.75 Å². The summed E-state index contributed by atoms with van der Waals surface area (Å²) in [6.07, 6.45) is 1.78. The zero-order chi connectivity index (χ0) is 14.2. The number of pyridine rings is 1. The molecule has 4 heteroatoms. The van der Waals surface area contributed by atoms with Crippen LogP contribution in [0.25, 0.3) is 0 Å². The van der Waals surface area contributed by atoms with Gasteiger partial charge < -0.3 is 5.11 Å². The Balaban J connectivity index is 1.98. The van der Waals surface area contributed by atoms with Gasteiger partial charge in [0, 0.05) is 22.1 Å². The molecule has 0 atom stereocenters. The Hall–Kier alpha value is -2.46. The third-order valence-corrected chi connectivity index (χ3v) is 4.52. The fourth-order valence-corrected chi connectivity index (χ4v) is 3.51. The number of hydrogen-bond donors (Lipinski definition) is 1. The second kappa shape index (κ2) is 4.82. The predicted molar refractivity (Wildman–Crippen MR) is 84.7 cm³/mol. The maximum Gasteiger partial charge on any atom is 0.137 e. The van der Waals surface area contributed by atoms with Crippen molar-refractivity contribution in [2.24, 2.45) is 0 Å². The van der Waals surface area contributed by atoms with Crippen molar-refractivity contribution in [3.8, 4) is 5.75 Å². The molecule has 0 radical (unpaired) electrons. The first-order valence-electron chi connectivity index (χ1n) is 6.64. The lowest BCUT2D eigenvalue weighted by atomic mass is 10.2. The molecule has 21 heavy (non-hydrogen) atoms. The van der Waals surface area contributed by atoms with E-state index in [9.17, 15) is 5.11 Å². The van der Waals surface area contributed by atoms with Crippen LogP contribution in [0.5, 0.6) is 5.75 Å². The number of hydrogen-bond acceptors (Lipinski definition) is 4. The van der Waals surface area contributed by atoms with Crippen molar-refractivity contribution < 1.29 is 5.11 Å². The van der Waals surface area contributed by atoms with Gasteiger partial charge in [0.1, 0.15) is 11.6 Å². The summed E-state index contributed by atoms with van der Waals surface area (Å²) in [7, 11) is 0. The Labute approximate surface area is 126 Å². The number of benzene rings is 2. The third-order valence-electron chi connectivity index (χ3n) is 3.39. The highest BCUT2D eigenvalue weighted by Gasteiger charge is 2.25. The minimum atomic E-state index is 0.259. The van der Waals surface area contributed by atoms with E-state index < -0.39 is 0 Å². The van der Waals surface area contributed by atoms with E-state index in [1.165, 1.54) is 4.90 Å². The van der Waals surface area contributed by atoms with Gasteiger partial charge in [-0.15, -0.1) is 0 Å². The zero-order valence-corrected chi connectivity index (χ0v) is 11.9. The number of aromatic hydroxyl groups is 1. The van der Waals surface area contributed by atoms with Crippen LogP contribution in [0.4, 0.5) is 17.2 Å². The lowest BCUT2D eigenvalue weighted by molar-refractivity contribution is 0.475.